The Morgan fingerprint density at radius 2 is 1.93 bits per heavy atom. The van der Waals surface area contributed by atoms with Crippen molar-refractivity contribution < 1.29 is 8.42 Å². The van der Waals surface area contributed by atoms with Crippen molar-refractivity contribution in [2.45, 2.75) is 45.2 Å². The Morgan fingerprint density at radius 1 is 1.15 bits per heavy atom. The zero-order valence-electron chi connectivity index (χ0n) is 15.9. The minimum Gasteiger partial charge on any atom is -0.328 e. The first kappa shape index (κ1) is 19.2. The molecule has 0 saturated heterocycles. The van der Waals surface area contributed by atoms with Crippen molar-refractivity contribution >= 4 is 10.0 Å². The number of pyridine rings is 1. The molecular weight excluding hydrogens is 364 g/mol. The molecule has 0 unspecified atom stereocenters. The molecule has 0 bridgehead atoms. The lowest BCUT2D eigenvalue weighted by molar-refractivity contribution is 0.514. The van der Waals surface area contributed by atoms with Gasteiger partial charge in [0, 0.05) is 37.7 Å². The number of nitrogens with zero attached hydrogens (tertiary/aromatic N) is 5. The molecule has 9 heteroatoms. The summed E-state index contributed by atoms with van der Waals surface area (Å²) >= 11 is 0. The molecule has 1 N–H and O–H groups in total. The van der Waals surface area contributed by atoms with Crippen LogP contribution in [0.2, 0.25) is 0 Å². The molecular formula is C18H24N6O2S. The van der Waals surface area contributed by atoms with Crippen LogP contribution >= 0.6 is 0 Å². The van der Waals surface area contributed by atoms with Crippen molar-refractivity contribution in [2.75, 3.05) is 6.54 Å². The number of sulfonamides is 1. The minimum absolute atomic E-state index is 0.0968. The third-order valence-electron chi connectivity index (χ3n) is 4.27. The summed E-state index contributed by atoms with van der Waals surface area (Å²) in [6.45, 7) is 8.13. The lowest BCUT2D eigenvalue weighted by Crippen LogP contribution is -2.28. The van der Waals surface area contributed by atoms with Gasteiger partial charge in [-0.1, -0.05) is 6.07 Å². The predicted octanol–water partition coefficient (Wildman–Crippen LogP) is 2.32. The predicted molar refractivity (Wildman–Crippen MR) is 103 cm³/mol. The van der Waals surface area contributed by atoms with E-state index in [0.717, 1.165) is 5.69 Å². The van der Waals surface area contributed by atoms with Crippen molar-refractivity contribution in [1.82, 2.24) is 29.0 Å². The number of nitrogens with one attached hydrogen (secondary N) is 1. The molecule has 3 aromatic rings. The summed E-state index contributed by atoms with van der Waals surface area (Å²) in [4.78, 5) is 8.87. The zero-order valence-corrected chi connectivity index (χ0v) is 16.7. The fourth-order valence-electron chi connectivity index (χ4n) is 3.13. The average Bonchev–Trinajstić information content (AvgIpc) is 3.20. The van der Waals surface area contributed by atoms with Crippen molar-refractivity contribution in [3.63, 3.8) is 0 Å². The monoisotopic (exact) mass is 388 g/mol. The Balaban J connectivity index is 1.74. The van der Waals surface area contributed by atoms with E-state index in [1.54, 1.807) is 30.9 Å². The van der Waals surface area contributed by atoms with E-state index in [1.807, 2.05) is 42.8 Å². The molecule has 0 aromatic carbocycles. The molecule has 3 heterocycles. The molecule has 8 nitrogen and oxygen atoms in total. The normalized spacial score (nSPS) is 12.0. The van der Waals surface area contributed by atoms with Crippen molar-refractivity contribution in [3.05, 3.63) is 48.2 Å². The number of rotatable bonds is 7. The molecule has 3 aromatic heterocycles. The second-order valence-electron chi connectivity index (χ2n) is 6.60. The van der Waals surface area contributed by atoms with Gasteiger partial charge in [0.2, 0.25) is 10.0 Å². The number of aryl methyl sites for hydroxylation is 1. The Bertz CT molecular complexity index is 1020. The zero-order chi connectivity index (χ0) is 19.6. The minimum atomic E-state index is -3.65. The second-order valence-corrected chi connectivity index (χ2v) is 8.30. The van der Waals surface area contributed by atoms with Crippen molar-refractivity contribution in [3.8, 4) is 11.5 Å². The van der Waals surface area contributed by atoms with Crippen LogP contribution in [0.25, 0.3) is 11.5 Å². The SMILES string of the molecule is Cc1nn(C(C)C)c(C)c1S(=O)(=O)NCCn1ccnc1-c1ccccn1. The van der Waals surface area contributed by atoms with E-state index in [1.165, 1.54) is 0 Å². The number of hydrogen-bond acceptors (Lipinski definition) is 5. The third kappa shape index (κ3) is 3.93. The van der Waals surface area contributed by atoms with E-state index in [2.05, 4.69) is 19.8 Å². The highest BCUT2D eigenvalue weighted by Gasteiger charge is 2.25. The quantitative estimate of drug-likeness (QED) is 0.670. The highest BCUT2D eigenvalue weighted by atomic mass is 32.2. The van der Waals surface area contributed by atoms with Gasteiger partial charge in [-0.05, 0) is 39.8 Å². The maximum absolute atomic E-state index is 12.8. The first-order valence-corrected chi connectivity index (χ1v) is 10.3. The summed E-state index contributed by atoms with van der Waals surface area (Å²) in [6, 6.07) is 5.70. The van der Waals surface area contributed by atoms with Crippen molar-refractivity contribution in [2.24, 2.45) is 0 Å². The van der Waals surface area contributed by atoms with E-state index in [9.17, 15) is 8.42 Å². The van der Waals surface area contributed by atoms with Crippen LogP contribution in [0.3, 0.4) is 0 Å². The fourth-order valence-corrected chi connectivity index (χ4v) is 4.55. The summed E-state index contributed by atoms with van der Waals surface area (Å²) in [6.07, 6.45) is 5.19. The third-order valence-corrected chi connectivity index (χ3v) is 5.98. The van der Waals surface area contributed by atoms with Crippen LogP contribution in [0.15, 0.2) is 41.7 Å². The molecule has 3 rings (SSSR count). The lowest BCUT2D eigenvalue weighted by Gasteiger charge is -2.11. The summed E-state index contributed by atoms with van der Waals surface area (Å²) in [7, 11) is -3.65. The first-order chi connectivity index (χ1) is 12.8. The van der Waals surface area contributed by atoms with Gasteiger partial charge in [0.05, 0.1) is 11.4 Å². The maximum atomic E-state index is 12.8. The Morgan fingerprint density at radius 3 is 2.56 bits per heavy atom. The Labute approximate surface area is 159 Å². The number of hydrogen-bond donors (Lipinski definition) is 1. The Kier molecular flexibility index (Phi) is 5.43. The van der Waals surface area contributed by atoms with Crippen LogP contribution in [-0.4, -0.2) is 39.3 Å². The van der Waals surface area contributed by atoms with Gasteiger partial charge in [0.25, 0.3) is 0 Å². The van der Waals surface area contributed by atoms with Crippen molar-refractivity contribution in [1.29, 1.82) is 0 Å². The van der Waals surface area contributed by atoms with Gasteiger partial charge in [-0.15, -0.1) is 0 Å². The summed E-state index contributed by atoms with van der Waals surface area (Å²) in [5.74, 6) is 0.704. The molecule has 0 radical (unpaired) electrons. The maximum Gasteiger partial charge on any atom is 0.244 e. The van der Waals surface area contributed by atoms with E-state index >= 15 is 0 Å². The fraction of sp³-hybridized carbons (Fsp3) is 0.389. The van der Waals surface area contributed by atoms with Crippen LogP contribution in [0.1, 0.15) is 31.3 Å². The summed E-state index contributed by atoms with van der Waals surface area (Å²) in [5.41, 5.74) is 1.90. The van der Waals surface area contributed by atoms with E-state index in [-0.39, 0.29) is 17.5 Å². The lowest BCUT2D eigenvalue weighted by atomic mass is 10.3. The van der Waals surface area contributed by atoms with Gasteiger partial charge in [0.1, 0.15) is 10.6 Å². The summed E-state index contributed by atoms with van der Waals surface area (Å²) in [5, 5.41) is 4.36. The van der Waals surface area contributed by atoms with E-state index in [4.69, 9.17) is 0 Å². The molecule has 0 amide bonds. The molecule has 144 valence electrons. The van der Waals surface area contributed by atoms with E-state index in [0.29, 0.717) is 23.8 Å². The molecule has 0 atom stereocenters. The molecule has 0 aliphatic heterocycles. The highest BCUT2D eigenvalue weighted by Crippen LogP contribution is 2.22. The standard InChI is InChI=1S/C18H24N6O2S/c1-13(2)24-15(4)17(14(3)22-24)27(25,26)21-10-12-23-11-9-20-18(23)16-7-5-6-8-19-16/h5-9,11,13,21H,10,12H2,1-4H3. The van der Waals surface area contributed by atoms with Gasteiger partial charge >= 0.3 is 0 Å². The number of aromatic nitrogens is 5. The van der Waals surface area contributed by atoms with Crippen LogP contribution in [0, 0.1) is 13.8 Å². The molecule has 0 aliphatic rings. The molecule has 0 saturated carbocycles. The molecule has 27 heavy (non-hydrogen) atoms. The van der Waals surface area contributed by atoms with Gasteiger partial charge < -0.3 is 4.57 Å². The second kappa shape index (κ2) is 7.61. The van der Waals surface area contributed by atoms with Crippen LogP contribution in [0.5, 0.6) is 0 Å². The number of imidazole rings is 1. The smallest absolute Gasteiger partial charge is 0.244 e. The van der Waals surface area contributed by atoms with Crippen LogP contribution < -0.4 is 4.72 Å². The van der Waals surface area contributed by atoms with Gasteiger partial charge in [-0.3, -0.25) is 9.67 Å². The molecule has 0 spiro atoms. The molecule has 0 aliphatic carbocycles. The van der Waals surface area contributed by atoms with Crippen LogP contribution in [0.4, 0.5) is 0 Å². The Hall–Kier alpha value is -2.52. The van der Waals surface area contributed by atoms with Crippen LogP contribution in [-0.2, 0) is 16.6 Å². The van der Waals surface area contributed by atoms with E-state index < -0.39 is 10.0 Å². The molecule has 0 fully saturated rings. The topological polar surface area (TPSA) is 94.7 Å². The summed E-state index contributed by atoms with van der Waals surface area (Å²) < 4.78 is 31.9. The average molecular weight is 388 g/mol. The largest absolute Gasteiger partial charge is 0.328 e. The van der Waals surface area contributed by atoms with Gasteiger partial charge in [-0.2, -0.15) is 5.10 Å². The van der Waals surface area contributed by atoms with Gasteiger partial charge in [0.15, 0.2) is 5.82 Å². The highest BCUT2D eigenvalue weighted by molar-refractivity contribution is 7.89. The first-order valence-electron chi connectivity index (χ1n) is 8.79. The van der Waals surface area contributed by atoms with Gasteiger partial charge in [-0.25, -0.2) is 18.1 Å².